The summed E-state index contributed by atoms with van der Waals surface area (Å²) in [6, 6.07) is 2.75. The van der Waals surface area contributed by atoms with Crippen LogP contribution in [0.25, 0.3) is 0 Å². The lowest BCUT2D eigenvalue weighted by molar-refractivity contribution is -0.144. The van der Waals surface area contributed by atoms with Crippen molar-refractivity contribution in [3.63, 3.8) is 0 Å². The monoisotopic (exact) mass is 362 g/mol. The van der Waals surface area contributed by atoms with Crippen molar-refractivity contribution in [2.45, 2.75) is 38.6 Å². The van der Waals surface area contributed by atoms with Gasteiger partial charge in [0.2, 0.25) is 11.8 Å². The first-order valence-corrected chi connectivity index (χ1v) is 8.95. The molecule has 1 aromatic carbocycles. The zero-order valence-corrected chi connectivity index (χ0v) is 14.7. The van der Waals surface area contributed by atoms with Crippen molar-refractivity contribution >= 4 is 17.8 Å². The molecule has 6 nitrogen and oxygen atoms in total. The Morgan fingerprint density at radius 1 is 1.23 bits per heavy atom. The lowest BCUT2D eigenvalue weighted by atomic mass is 9.95. The molecule has 2 fully saturated rings. The third-order valence-electron chi connectivity index (χ3n) is 5.08. The predicted molar refractivity (Wildman–Crippen MR) is 91.7 cm³/mol. The number of aliphatic carboxylic acids is 1. The fourth-order valence-corrected chi connectivity index (χ4v) is 3.38. The number of rotatable bonds is 5. The number of carbonyl (C=O) groups excluding carboxylic acids is 2. The number of carboxylic acid groups (broad SMARTS) is 1. The Labute approximate surface area is 151 Å². The van der Waals surface area contributed by atoms with Gasteiger partial charge in [-0.3, -0.25) is 9.59 Å². The Hall–Kier alpha value is -2.44. The van der Waals surface area contributed by atoms with Crippen LogP contribution in [0, 0.1) is 24.6 Å². The molecule has 2 amide bonds. The molecular formula is C19H23FN2O4. The number of amides is 2. The van der Waals surface area contributed by atoms with Crippen LogP contribution in [0.1, 0.15) is 42.9 Å². The van der Waals surface area contributed by atoms with Crippen molar-refractivity contribution in [3.05, 3.63) is 35.1 Å². The predicted octanol–water partition coefficient (Wildman–Crippen LogP) is 2.02. The van der Waals surface area contributed by atoms with Gasteiger partial charge in [0.1, 0.15) is 5.82 Å². The van der Waals surface area contributed by atoms with Crippen LogP contribution in [0.5, 0.6) is 0 Å². The highest BCUT2D eigenvalue weighted by atomic mass is 19.1. The zero-order valence-electron chi connectivity index (χ0n) is 14.7. The number of likely N-dealkylation sites (tertiary alicyclic amines) is 1. The lowest BCUT2D eigenvalue weighted by Gasteiger charge is -2.32. The van der Waals surface area contributed by atoms with E-state index in [0.29, 0.717) is 30.6 Å². The van der Waals surface area contributed by atoms with Crippen molar-refractivity contribution in [1.82, 2.24) is 10.2 Å². The fraction of sp³-hybridized carbons (Fsp3) is 0.526. The summed E-state index contributed by atoms with van der Waals surface area (Å²) in [5, 5.41) is 12.0. The molecule has 2 atom stereocenters. The molecular weight excluding hydrogens is 339 g/mol. The zero-order chi connectivity index (χ0) is 18.8. The second-order valence-electron chi connectivity index (χ2n) is 7.19. The third-order valence-corrected chi connectivity index (χ3v) is 5.08. The van der Waals surface area contributed by atoms with E-state index in [4.69, 9.17) is 0 Å². The van der Waals surface area contributed by atoms with Crippen LogP contribution in [0.4, 0.5) is 4.39 Å². The molecule has 3 rings (SSSR count). The summed E-state index contributed by atoms with van der Waals surface area (Å²) in [4.78, 5) is 38.2. The molecule has 1 aliphatic heterocycles. The van der Waals surface area contributed by atoms with Gasteiger partial charge in [0.15, 0.2) is 6.04 Å². The minimum Gasteiger partial charge on any atom is -0.479 e. The van der Waals surface area contributed by atoms with E-state index >= 15 is 0 Å². The number of nitrogens with one attached hydrogen (secondary N) is 1. The highest BCUT2D eigenvalue weighted by Crippen LogP contribution is 2.32. The van der Waals surface area contributed by atoms with Crippen LogP contribution in [0.3, 0.4) is 0 Å². The smallest absolute Gasteiger partial charge is 0.330 e. The number of carboxylic acids is 1. The molecule has 2 aliphatic rings. The van der Waals surface area contributed by atoms with Crippen molar-refractivity contribution in [1.29, 1.82) is 0 Å². The van der Waals surface area contributed by atoms with Crippen molar-refractivity contribution < 1.29 is 23.9 Å². The van der Waals surface area contributed by atoms with Crippen LogP contribution < -0.4 is 5.32 Å². The van der Waals surface area contributed by atoms with Gasteiger partial charge in [-0.25, -0.2) is 9.18 Å². The average molecular weight is 362 g/mol. The Kier molecular flexibility index (Phi) is 5.25. The molecule has 2 N–H and O–H groups in total. The van der Waals surface area contributed by atoms with Crippen LogP contribution in [0.2, 0.25) is 0 Å². The second-order valence-corrected chi connectivity index (χ2v) is 7.19. The Morgan fingerprint density at radius 2 is 1.96 bits per heavy atom. The van der Waals surface area contributed by atoms with E-state index in [1.54, 1.807) is 11.8 Å². The van der Waals surface area contributed by atoms with Crippen LogP contribution >= 0.6 is 0 Å². The fourth-order valence-electron chi connectivity index (χ4n) is 3.38. The molecule has 2 unspecified atom stereocenters. The van der Waals surface area contributed by atoms with E-state index in [-0.39, 0.29) is 17.7 Å². The largest absolute Gasteiger partial charge is 0.479 e. The first-order valence-electron chi connectivity index (χ1n) is 8.95. The summed E-state index contributed by atoms with van der Waals surface area (Å²) in [5.41, 5.74) is 0.647. The highest BCUT2D eigenvalue weighted by molar-refractivity contribution is 5.87. The molecule has 7 heteroatoms. The summed E-state index contributed by atoms with van der Waals surface area (Å²) < 4.78 is 13.4. The van der Waals surface area contributed by atoms with Crippen LogP contribution in [-0.4, -0.2) is 40.9 Å². The maximum absolute atomic E-state index is 13.4. The van der Waals surface area contributed by atoms with Gasteiger partial charge in [0, 0.05) is 19.0 Å². The molecule has 140 valence electrons. The van der Waals surface area contributed by atoms with Gasteiger partial charge < -0.3 is 15.3 Å². The van der Waals surface area contributed by atoms with Gasteiger partial charge in [-0.15, -0.1) is 0 Å². The first kappa shape index (κ1) is 18.4. The van der Waals surface area contributed by atoms with Crippen molar-refractivity contribution in [2.24, 2.45) is 11.8 Å². The van der Waals surface area contributed by atoms with E-state index in [9.17, 15) is 23.9 Å². The van der Waals surface area contributed by atoms with Crippen molar-refractivity contribution in [2.75, 3.05) is 13.1 Å². The van der Waals surface area contributed by atoms with E-state index in [0.717, 1.165) is 19.3 Å². The number of halogens is 1. The van der Waals surface area contributed by atoms with Gasteiger partial charge in [0.05, 0.1) is 5.92 Å². The number of piperidine rings is 1. The highest BCUT2D eigenvalue weighted by Gasteiger charge is 2.37. The molecule has 1 aromatic rings. The maximum atomic E-state index is 13.4. The average Bonchev–Trinajstić information content (AvgIpc) is 3.46. The number of hydrogen-bond donors (Lipinski definition) is 2. The number of nitrogens with zero attached hydrogens (tertiary/aromatic N) is 1. The second kappa shape index (κ2) is 7.43. The normalized spacial score (nSPS) is 21.2. The van der Waals surface area contributed by atoms with E-state index in [1.807, 2.05) is 0 Å². The van der Waals surface area contributed by atoms with Gasteiger partial charge in [-0.2, -0.15) is 0 Å². The Bertz CT molecular complexity index is 732. The summed E-state index contributed by atoms with van der Waals surface area (Å²) in [5.74, 6) is -2.23. The summed E-state index contributed by atoms with van der Waals surface area (Å²) >= 11 is 0. The molecule has 0 radical (unpaired) electrons. The standard InChI is InChI=1S/C19H23FN2O4/c1-11-9-13(6-7-15(11)20)16(19(25)26)21-17(23)14-3-2-8-22(10-14)18(24)12-4-5-12/h6-7,9,12,14,16H,2-5,8,10H2,1H3,(H,21,23)(H,25,26). The first-order chi connectivity index (χ1) is 12.4. The summed E-state index contributed by atoms with van der Waals surface area (Å²) in [6.45, 7) is 2.52. The SMILES string of the molecule is Cc1cc(C(NC(=O)C2CCCN(C(=O)C3CC3)C2)C(=O)O)ccc1F. The molecule has 1 aliphatic carbocycles. The van der Waals surface area contributed by atoms with Gasteiger partial charge in [-0.1, -0.05) is 12.1 Å². The molecule has 0 aromatic heterocycles. The Balaban J connectivity index is 1.68. The molecule has 0 spiro atoms. The van der Waals surface area contributed by atoms with E-state index in [1.165, 1.54) is 18.2 Å². The van der Waals surface area contributed by atoms with Gasteiger partial charge in [-0.05, 0) is 49.8 Å². The lowest BCUT2D eigenvalue weighted by Crippen LogP contribution is -2.47. The van der Waals surface area contributed by atoms with Gasteiger partial charge >= 0.3 is 5.97 Å². The molecule has 1 saturated carbocycles. The number of hydrogen-bond acceptors (Lipinski definition) is 3. The van der Waals surface area contributed by atoms with Gasteiger partial charge in [0.25, 0.3) is 0 Å². The maximum Gasteiger partial charge on any atom is 0.330 e. The third kappa shape index (κ3) is 4.03. The number of aryl methyl sites for hydroxylation is 1. The summed E-state index contributed by atoms with van der Waals surface area (Å²) in [7, 11) is 0. The molecule has 1 saturated heterocycles. The quantitative estimate of drug-likeness (QED) is 0.839. The minimum atomic E-state index is -1.24. The van der Waals surface area contributed by atoms with Crippen molar-refractivity contribution in [3.8, 4) is 0 Å². The Morgan fingerprint density at radius 3 is 2.58 bits per heavy atom. The summed E-state index contributed by atoms with van der Waals surface area (Å²) in [6.07, 6.45) is 3.17. The van der Waals surface area contributed by atoms with Crippen LogP contribution in [-0.2, 0) is 14.4 Å². The minimum absolute atomic E-state index is 0.103. The number of carbonyl (C=O) groups is 3. The topological polar surface area (TPSA) is 86.7 Å². The molecule has 26 heavy (non-hydrogen) atoms. The number of benzene rings is 1. The molecule has 0 bridgehead atoms. The van der Waals surface area contributed by atoms with Crippen LogP contribution in [0.15, 0.2) is 18.2 Å². The van der Waals surface area contributed by atoms with E-state index < -0.39 is 23.7 Å². The molecule has 1 heterocycles. The van der Waals surface area contributed by atoms with E-state index in [2.05, 4.69) is 5.32 Å².